The molecule has 0 radical (unpaired) electrons. The third-order valence-electron chi connectivity index (χ3n) is 2.78. The van der Waals surface area contributed by atoms with Crippen molar-refractivity contribution in [3.8, 4) is 17.1 Å². The zero-order valence-corrected chi connectivity index (χ0v) is 10.5. The lowest BCUT2D eigenvalue weighted by atomic mass is 10.1. The molecule has 100 valence electrons. The molecule has 1 heterocycles. The number of nitro benzene ring substituents is 1. The van der Waals surface area contributed by atoms with Crippen molar-refractivity contribution in [2.45, 2.75) is 6.54 Å². The van der Waals surface area contributed by atoms with Crippen LogP contribution in [-0.4, -0.2) is 26.8 Å². The Bertz CT molecular complexity index is 623. The summed E-state index contributed by atoms with van der Waals surface area (Å²) in [4.78, 5) is 10.5. The molecule has 0 spiro atoms. The number of nitrogens with two attached hydrogens (primary N) is 1. The number of hydrogen-bond acceptors (Lipinski definition) is 6. The minimum Gasteiger partial charge on any atom is -0.490 e. The van der Waals surface area contributed by atoms with Gasteiger partial charge in [0.05, 0.1) is 18.6 Å². The van der Waals surface area contributed by atoms with E-state index in [9.17, 15) is 10.1 Å². The van der Waals surface area contributed by atoms with Crippen LogP contribution in [0.15, 0.2) is 18.2 Å². The normalized spacial score (nSPS) is 10.5. The smallest absolute Gasteiger partial charge is 0.311 e. The summed E-state index contributed by atoms with van der Waals surface area (Å²) in [5.41, 5.74) is 5.99. The van der Waals surface area contributed by atoms with Gasteiger partial charge in [-0.05, 0) is 12.1 Å². The van der Waals surface area contributed by atoms with Gasteiger partial charge in [-0.2, -0.15) is 0 Å². The molecule has 2 N–H and O–H groups in total. The molecule has 0 atom stereocenters. The Balaban J connectivity index is 2.54. The SMILES string of the molecule is COc1ccc(-c2nnc(CN)n2C)cc1[N+](=O)[O-]. The summed E-state index contributed by atoms with van der Waals surface area (Å²) in [6.45, 7) is 0.252. The molecule has 0 fully saturated rings. The van der Waals surface area contributed by atoms with E-state index < -0.39 is 4.92 Å². The Kier molecular flexibility index (Phi) is 3.43. The summed E-state index contributed by atoms with van der Waals surface area (Å²) in [5.74, 6) is 1.33. The van der Waals surface area contributed by atoms with E-state index >= 15 is 0 Å². The molecule has 0 aliphatic carbocycles. The second-order valence-corrected chi connectivity index (χ2v) is 3.85. The van der Waals surface area contributed by atoms with Gasteiger partial charge < -0.3 is 15.0 Å². The number of nitro groups is 1. The number of nitrogens with zero attached hydrogens (tertiary/aromatic N) is 4. The first-order valence-corrected chi connectivity index (χ1v) is 5.49. The largest absolute Gasteiger partial charge is 0.490 e. The summed E-state index contributed by atoms with van der Waals surface area (Å²) >= 11 is 0. The highest BCUT2D eigenvalue weighted by Gasteiger charge is 2.18. The third-order valence-corrected chi connectivity index (χ3v) is 2.78. The van der Waals surface area contributed by atoms with E-state index in [1.54, 1.807) is 17.7 Å². The topological polar surface area (TPSA) is 109 Å². The van der Waals surface area contributed by atoms with Gasteiger partial charge in [0, 0.05) is 18.7 Å². The first-order chi connectivity index (χ1) is 9.08. The van der Waals surface area contributed by atoms with Crippen LogP contribution in [0.3, 0.4) is 0 Å². The zero-order valence-electron chi connectivity index (χ0n) is 10.5. The molecule has 1 aromatic heterocycles. The summed E-state index contributed by atoms with van der Waals surface area (Å²) < 4.78 is 6.65. The molecule has 1 aromatic carbocycles. The second-order valence-electron chi connectivity index (χ2n) is 3.85. The fraction of sp³-hybridized carbons (Fsp3) is 0.273. The molecule has 0 amide bonds. The number of hydrogen-bond donors (Lipinski definition) is 1. The standard InChI is InChI=1S/C11H13N5O3/c1-15-10(6-12)13-14-11(15)7-3-4-9(19-2)8(5-7)16(17)18/h3-5H,6,12H2,1-2H3. The van der Waals surface area contributed by atoms with E-state index in [1.807, 2.05) is 0 Å². The van der Waals surface area contributed by atoms with E-state index in [1.165, 1.54) is 19.2 Å². The maximum absolute atomic E-state index is 11.0. The number of rotatable bonds is 4. The minimum absolute atomic E-state index is 0.114. The fourth-order valence-corrected chi connectivity index (χ4v) is 1.76. The number of aromatic nitrogens is 3. The van der Waals surface area contributed by atoms with Gasteiger partial charge in [-0.1, -0.05) is 0 Å². The van der Waals surface area contributed by atoms with Gasteiger partial charge >= 0.3 is 5.69 Å². The van der Waals surface area contributed by atoms with Gasteiger partial charge in [0.1, 0.15) is 5.82 Å². The average molecular weight is 263 g/mol. The van der Waals surface area contributed by atoms with Crippen LogP contribution in [0.1, 0.15) is 5.82 Å². The van der Waals surface area contributed by atoms with Crippen molar-refractivity contribution < 1.29 is 9.66 Å². The predicted molar refractivity (Wildman–Crippen MR) is 67.5 cm³/mol. The average Bonchev–Trinajstić information content (AvgIpc) is 2.79. The van der Waals surface area contributed by atoms with Crippen molar-refractivity contribution in [1.29, 1.82) is 0 Å². The molecule has 0 unspecified atom stereocenters. The van der Waals surface area contributed by atoms with Crippen LogP contribution in [0.2, 0.25) is 0 Å². The van der Waals surface area contributed by atoms with E-state index in [0.717, 1.165) is 0 Å². The molecular weight excluding hydrogens is 250 g/mol. The summed E-state index contributed by atoms with van der Waals surface area (Å²) in [7, 11) is 3.14. The second kappa shape index (κ2) is 5.02. The van der Waals surface area contributed by atoms with Crippen molar-refractivity contribution in [3.63, 3.8) is 0 Å². The molecule has 0 aliphatic heterocycles. The molecule has 8 heteroatoms. The Morgan fingerprint density at radius 3 is 2.74 bits per heavy atom. The van der Waals surface area contributed by atoms with Crippen LogP contribution in [0.25, 0.3) is 11.4 Å². The Labute approximate surface area is 109 Å². The van der Waals surface area contributed by atoms with E-state index in [0.29, 0.717) is 17.2 Å². The quantitative estimate of drug-likeness (QED) is 0.647. The van der Waals surface area contributed by atoms with Crippen LogP contribution in [-0.2, 0) is 13.6 Å². The Morgan fingerprint density at radius 1 is 1.47 bits per heavy atom. The number of methoxy groups -OCH3 is 1. The highest BCUT2D eigenvalue weighted by molar-refractivity contribution is 5.63. The zero-order chi connectivity index (χ0) is 14.0. The van der Waals surface area contributed by atoms with Gasteiger partial charge in [-0.3, -0.25) is 10.1 Å². The third kappa shape index (κ3) is 2.25. The molecule has 0 aliphatic rings. The number of ether oxygens (including phenoxy) is 1. The highest BCUT2D eigenvalue weighted by atomic mass is 16.6. The maximum atomic E-state index is 11.0. The first kappa shape index (κ1) is 13.0. The van der Waals surface area contributed by atoms with E-state index in [2.05, 4.69) is 10.2 Å². The van der Waals surface area contributed by atoms with E-state index in [4.69, 9.17) is 10.5 Å². The van der Waals surface area contributed by atoms with Crippen molar-refractivity contribution in [2.75, 3.05) is 7.11 Å². The minimum atomic E-state index is -0.497. The monoisotopic (exact) mass is 263 g/mol. The lowest BCUT2D eigenvalue weighted by Gasteiger charge is -2.05. The van der Waals surface area contributed by atoms with Crippen LogP contribution in [0.4, 0.5) is 5.69 Å². The van der Waals surface area contributed by atoms with Crippen LogP contribution >= 0.6 is 0 Å². The van der Waals surface area contributed by atoms with Crippen molar-refractivity contribution in [1.82, 2.24) is 14.8 Å². The molecule has 2 aromatic rings. The highest BCUT2D eigenvalue weighted by Crippen LogP contribution is 2.31. The first-order valence-electron chi connectivity index (χ1n) is 5.49. The van der Waals surface area contributed by atoms with Crippen LogP contribution in [0, 0.1) is 10.1 Å². The molecule has 2 rings (SSSR count). The lowest BCUT2D eigenvalue weighted by Crippen LogP contribution is -2.05. The van der Waals surface area contributed by atoms with Crippen LogP contribution in [0.5, 0.6) is 5.75 Å². The maximum Gasteiger partial charge on any atom is 0.311 e. The van der Waals surface area contributed by atoms with Gasteiger partial charge in [0.15, 0.2) is 11.6 Å². The van der Waals surface area contributed by atoms with Gasteiger partial charge in [0.25, 0.3) is 0 Å². The van der Waals surface area contributed by atoms with Gasteiger partial charge in [-0.25, -0.2) is 0 Å². The predicted octanol–water partition coefficient (Wildman–Crippen LogP) is 0.858. The molecule has 8 nitrogen and oxygen atoms in total. The van der Waals surface area contributed by atoms with Crippen molar-refractivity contribution in [3.05, 3.63) is 34.1 Å². The summed E-state index contributed by atoms with van der Waals surface area (Å²) in [6.07, 6.45) is 0. The van der Waals surface area contributed by atoms with Gasteiger partial charge in [-0.15, -0.1) is 10.2 Å². The fourth-order valence-electron chi connectivity index (χ4n) is 1.76. The molecule has 0 bridgehead atoms. The van der Waals surface area contributed by atoms with Gasteiger partial charge in [0.2, 0.25) is 0 Å². The Morgan fingerprint density at radius 2 is 2.21 bits per heavy atom. The molecular formula is C11H13N5O3. The molecule has 0 saturated heterocycles. The summed E-state index contributed by atoms with van der Waals surface area (Å²) in [6, 6.07) is 4.63. The lowest BCUT2D eigenvalue weighted by molar-refractivity contribution is -0.385. The van der Waals surface area contributed by atoms with Crippen molar-refractivity contribution >= 4 is 5.69 Å². The Hall–Kier alpha value is -2.48. The van der Waals surface area contributed by atoms with E-state index in [-0.39, 0.29) is 18.0 Å². The molecule has 0 saturated carbocycles. The molecule has 19 heavy (non-hydrogen) atoms. The number of benzene rings is 1. The summed E-state index contributed by atoms with van der Waals surface area (Å²) in [5, 5.41) is 18.9. The van der Waals surface area contributed by atoms with Crippen molar-refractivity contribution in [2.24, 2.45) is 12.8 Å². The van der Waals surface area contributed by atoms with Crippen LogP contribution < -0.4 is 10.5 Å².